The molecule has 0 fully saturated rings. The summed E-state index contributed by atoms with van der Waals surface area (Å²) in [5.74, 6) is -0.330. The van der Waals surface area contributed by atoms with E-state index in [4.69, 9.17) is 10.8 Å². The van der Waals surface area contributed by atoms with Crippen molar-refractivity contribution in [3.63, 3.8) is 0 Å². The van der Waals surface area contributed by atoms with E-state index in [1.54, 1.807) is 0 Å². The number of nitrogens with two attached hydrogens (primary N) is 1. The molecule has 0 rings (SSSR count). The molecule has 0 aliphatic heterocycles. The highest BCUT2D eigenvalue weighted by atomic mass is 32.1. The van der Waals surface area contributed by atoms with Crippen LogP contribution in [0.2, 0.25) is 0 Å². The maximum atomic E-state index is 10.4. The van der Waals surface area contributed by atoms with Crippen LogP contribution < -0.4 is 5.73 Å². The van der Waals surface area contributed by atoms with Gasteiger partial charge < -0.3 is 10.8 Å². The van der Waals surface area contributed by atoms with Gasteiger partial charge in [-0.3, -0.25) is 4.79 Å². The second-order valence-corrected chi connectivity index (χ2v) is 4.49. The summed E-state index contributed by atoms with van der Waals surface area (Å²) in [7, 11) is 0. The zero-order chi connectivity index (χ0) is 11.1. The summed E-state index contributed by atoms with van der Waals surface area (Å²) in [6.45, 7) is 4.30. The van der Waals surface area contributed by atoms with Gasteiger partial charge in [0.05, 0.1) is 0 Å². The third-order valence-electron chi connectivity index (χ3n) is 2.63. The molecule has 0 aliphatic carbocycles. The molecule has 0 bridgehead atoms. The Morgan fingerprint density at radius 1 is 1.50 bits per heavy atom. The lowest BCUT2D eigenvalue weighted by molar-refractivity contribution is -0.138. The molecule has 0 saturated heterocycles. The average Bonchev–Trinajstić information content (AvgIpc) is 2.15. The van der Waals surface area contributed by atoms with E-state index in [9.17, 15) is 4.79 Å². The Hall–Kier alpha value is -0.220. The molecule has 0 aromatic carbocycles. The molecule has 0 spiro atoms. The molecule has 0 amide bonds. The Kier molecular flexibility index (Phi) is 7.01. The minimum Gasteiger partial charge on any atom is -0.480 e. The first kappa shape index (κ1) is 13.8. The Labute approximate surface area is 91.5 Å². The normalized spacial score (nSPS) is 17.4. The van der Waals surface area contributed by atoms with Crippen molar-refractivity contribution in [3.05, 3.63) is 0 Å². The highest BCUT2D eigenvalue weighted by Gasteiger charge is 2.14. The first-order valence-electron chi connectivity index (χ1n) is 5.15. The van der Waals surface area contributed by atoms with Gasteiger partial charge in [0.15, 0.2) is 0 Å². The van der Waals surface area contributed by atoms with E-state index in [1.807, 2.05) is 0 Å². The minimum absolute atomic E-state index is 0.362. The minimum atomic E-state index is -0.913. The SMILES string of the molecule is CCC(C)C(S)CCCC(N)C(=O)O. The van der Waals surface area contributed by atoms with Gasteiger partial charge in [-0.15, -0.1) is 0 Å². The maximum Gasteiger partial charge on any atom is 0.320 e. The summed E-state index contributed by atoms with van der Waals surface area (Å²) >= 11 is 4.47. The van der Waals surface area contributed by atoms with E-state index in [0.29, 0.717) is 17.6 Å². The van der Waals surface area contributed by atoms with Crippen molar-refractivity contribution >= 4 is 18.6 Å². The second kappa shape index (κ2) is 7.12. The van der Waals surface area contributed by atoms with E-state index >= 15 is 0 Å². The standard InChI is InChI=1S/C10H21NO2S/c1-3-7(2)9(14)6-4-5-8(11)10(12)13/h7-9,14H,3-6,11H2,1-2H3,(H,12,13). The summed E-state index contributed by atoms with van der Waals surface area (Å²) in [5, 5.41) is 8.92. The topological polar surface area (TPSA) is 63.3 Å². The molecule has 3 atom stereocenters. The molecule has 0 radical (unpaired) electrons. The third-order valence-corrected chi connectivity index (χ3v) is 3.40. The highest BCUT2D eigenvalue weighted by Crippen LogP contribution is 2.19. The van der Waals surface area contributed by atoms with Crippen LogP contribution in [-0.2, 0) is 4.79 Å². The maximum absolute atomic E-state index is 10.4. The quantitative estimate of drug-likeness (QED) is 0.573. The number of carboxylic acids is 1. The Balaban J connectivity index is 3.58. The summed E-state index contributed by atoms with van der Waals surface area (Å²) in [4.78, 5) is 10.4. The summed E-state index contributed by atoms with van der Waals surface area (Å²) < 4.78 is 0. The molecular formula is C10H21NO2S. The zero-order valence-electron chi connectivity index (χ0n) is 8.94. The van der Waals surface area contributed by atoms with E-state index < -0.39 is 12.0 Å². The molecule has 4 heteroatoms. The van der Waals surface area contributed by atoms with Crippen LogP contribution in [0, 0.1) is 5.92 Å². The Morgan fingerprint density at radius 3 is 2.50 bits per heavy atom. The first-order valence-corrected chi connectivity index (χ1v) is 5.67. The second-order valence-electron chi connectivity index (χ2n) is 3.83. The fourth-order valence-corrected chi connectivity index (χ4v) is 1.62. The number of hydrogen-bond donors (Lipinski definition) is 3. The van der Waals surface area contributed by atoms with Crippen LogP contribution in [0.5, 0.6) is 0 Å². The number of hydrogen-bond acceptors (Lipinski definition) is 3. The van der Waals surface area contributed by atoms with Gasteiger partial charge in [0.2, 0.25) is 0 Å². The summed E-state index contributed by atoms with van der Waals surface area (Å²) in [6, 6.07) is -0.715. The van der Waals surface area contributed by atoms with Gasteiger partial charge in [-0.1, -0.05) is 26.7 Å². The number of carbonyl (C=O) groups is 1. The highest BCUT2D eigenvalue weighted by molar-refractivity contribution is 7.81. The number of aliphatic carboxylic acids is 1. The Bertz CT molecular complexity index is 176. The van der Waals surface area contributed by atoms with Gasteiger partial charge in [-0.05, 0) is 18.8 Å². The lowest BCUT2D eigenvalue weighted by Gasteiger charge is -2.17. The van der Waals surface area contributed by atoms with Gasteiger partial charge >= 0.3 is 5.97 Å². The van der Waals surface area contributed by atoms with Gasteiger partial charge in [0.1, 0.15) is 6.04 Å². The molecule has 0 aromatic heterocycles. The van der Waals surface area contributed by atoms with Gasteiger partial charge in [-0.2, -0.15) is 12.6 Å². The van der Waals surface area contributed by atoms with Crippen LogP contribution >= 0.6 is 12.6 Å². The van der Waals surface area contributed by atoms with Crippen molar-refractivity contribution < 1.29 is 9.90 Å². The molecule has 0 heterocycles. The van der Waals surface area contributed by atoms with E-state index in [0.717, 1.165) is 19.3 Å². The predicted octanol–water partition coefficient (Wildman–Crippen LogP) is 1.91. The molecule has 3 N–H and O–H groups in total. The van der Waals surface area contributed by atoms with Crippen LogP contribution in [0.4, 0.5) is 0 Å². The smallest absolute Gasteiger partial charge is 0.320 e. The summed E-state index contributed by atoms with van der Waals surface area (Å²) in [6.07, 6.45) is 3.44. The van der Waals surface area contributed by atoms with E-state index in [2.05, 4.69) is 26.5 Å². The molecule has 0 aromatic rings. The molecule has 84 valence electrons. The van der Waals surface area contributed by atoms with Crippen molar-refractivity contribution in [3.8, 4) is 0 Å². The van der Waals surface area contributed by atoms with E-state index in [1.165, 1.54) is 0 Å². The summed E-state index contributed by atoms with van der Waals surface area (Å²) in [5.41, 5.74) is 5.39. The van der Waals surface area contributed by atoms with Crippen molar-refractivity contribution in [1.29, 1.82) is 0 Å². The van der Waals surface area contributed by atoms with Gasteiger partial charge in [0.25, 0.3) is 0 Å². The first-order chi connectivity index (χ1) is 6.49. The van der Waals surface area contributed by atoms with Gasteiger partial charge in [-0.25, -0.2) is 0 Å². The van der Waals surface area contributed by atoms with Crippen molar-refractivity contribution in [2.75, 3.05) is 0 Å². The van der Waals surface area contributed by atoms with Crippen molar-refractivity contribution in [2.45, 2.75) is 50.8 Å². The third kappa shape index (κ3) is 5.50. The lowest BCUT2D eigenvalue weighted by Crippen LogP contribution is -2.30. The Morgan fingerprint density at radius 2 is 2.07 bits per heavy atom. The fourth-order valence-electron chi connectivity index (χ4n) is 1.23. The number of rotatable bonds is 7. The zero-order valence-corrected chi connectivity index (χ0v) is 9.83. The largest absolute Gasteiger partial charge is 0.480 e. The fraction of sp³-hybridized carbons (Fsp3) is 0.900. The molecule has 3 nitrogen and oxygen atoms in total. The monoisotopic (exact) mass is 219 g/mol. The molecule has 0 aliphatic rings. The molecular weight excluding hydrogens is 198 g/mol. The van der Waals surface area contributed by atoms with Crippen molar-refractivity contribution in [2.24, 2.45) is 11.7 Å². The van der Waals surface area contributed by atoms with Gasteiger partial charge in [0, 0.05) is 5.25 Å². The van der Waals surface area contributed by atoms with Crippen LogP contribution in [-0.4, -0.2) is 22.4 Å². The van der Waals surface area contributed by atoms with Crippen molar-refractivity contribution in [1.82, 2.24) is 0 Å². The lowest BCUT2D eigenvalue weighted by atomic mass is 9.99. The van der Waals surface area contributed by atoms with Crippen LogP contribution in [0.1, 0.15) is 39.5 Å². The van der Waals surface area contributed by atoms with Crippen LogP contribution in [0.25, 0.3) is 0 Å². The number of thiol groups is 1. The number of carboxylic acid groups (broad SMARTS) is 1. The predicted molar refractivity (Wildman–Crippen MR) is 61.7 cm³/mol. The van der Waals surface area contributed by atoms with Crippen LogP contribution in [0.15, 0.2) is 0 Å². The molecule has 3 unspecified atom stereocenters. The van der Waals surface area contributed by atoms with Crippen LogP contribution in [0.3, 0.4) is 0 Å². The average molecular weight is 219 g/mol. The molecule has 14 heavy (non-hydrogen) atoms. The van der Waals surface area contributed by atoms with E-state index in [-0.39, 0.29) is 0 Å². The molecule has 0 saturated carbocycles.